The van der Waals surface area contributed by atoms with Gasteiger partial charge in [0, 0.05) is 65.3 Å². The van der Waals surface area contributed by atoms with Gasteiger partial charge in [0.25, 0.3) is 0 Å². The molecule has 5 heterocycles. The molecular weight excluding hydrogens is 535 g/mol. The third-order valence-electron chi connectivity index (χ3n) is 10.4. The molecule has 4 heteroatoms. The molecule has 3 nitrogen and oxygen atoms in total. The second-order valence-electron chi connectivity index (χ2n) is 12.5. The lowest BCUT2D eigenvalue weighted by Crippen LogP contribution is -2.34. The van der Waals surface area contributed by atoms with Gasteiger partial charge in [0.05, 0.1) is 16.6 Å². The van der Waals surface area contributed by atoms with Gasteiger partial charge in [0.1, 0.15) is 11.2 Å². The third kappa shape index (κ3) is 2.36. The van der Waals surface area contributed by atoms with Crippen LogP contribution in [0.5, 0.6) is 0 Å². The van der Waals surface area contributed by atoms with E-state index < -0.39 is 0 Å². The van der Waals surface area contributed by atoms with Gasteiger partial charge in [-0.1, -0.05) is 103 Å². The second-order valence-corrected chi connectivity index (χ2v) is 12.5. The average molecular weight is 556 g/mol. The fourth-order valence-electron chi connectivity index (χ4n) is 8.73. The fourth-order valence-corrected chi connectivity index (χ4v) is 8.73. The molecule has 4 aromatic heterocycles. The zero-order valence-corrected chi connectivity index (χ0v) is 23.5. The van der Waals surface area contributed by atoms with Gasteiger partial charge >= 0.3 is 0 Å². The van der Waals surface area contributed by atoms with Crippen LogP contribution in [0.4, 0.5) is 0 Å². The number of nitrogens with zero attached hydrogens (tertiary/aromatic N) is 1. The summed E-state index contributed by atoms with van der Waals surface area (Å²) >= 11 is 0. The number of rotatable bonds is 1. The van der Waals surface area contributed by atoms with Gasteiger partial charge in [0.2, 0.25) is 0 Å². The minimum atomic E-state index is 0.863. The zero-order valence-electron chi connectivity index (χ0n) is 23.5. The Balaban J connectivity index is 1.35. The highest BCUT2D eigenvalue weighted by atomic mass is 16.3. The first kappa shape index (κ1) is 21.9. The van der Waals surface area contributed by atoms with Gasteiger partial charge < -0.3 is 13.8 Å². The van der Waals surface area contributed by atoms with Crippen molar-refractivity contribution in [1.82, 2.24) is 9.38 Å². The van der Waals surface area contributed by atoms with E-state index in [2.05, 4.69) is 125 Å². The van der Waals surface area contributed by atoms with Crippen LogP contribution < -0.4 is 10.9 Å². The van der Waals surface area contributed by atoms with E-state index in [0.717, 1.165) is 29.5 Å². The van der Waals surface area contributed by atoms with Crippen molar-refractivity contribution in [2.75, 3.05) is 0 Å². The molecule has 7 aromatic carbocycles. The SMILES string of the molecule is B1c2cccc3c4cccc5c6c7c(oc8ccccc87)c(-c7cccc8c7[nH]c7cc9ccccc9cc78)c1c6n(c23)c45. The number of hydrogen-bond acceptors (Lipinski definition) is 1. The molecule has 0 atom stereocenters. The Morgan fingerprint density at radius 1 is 0.568 bits per heavy atom. The van der Waals surface area contributed by atoms with E-state index >= 15 is 0 Å². The Bertz CT molecular complexity index is 3080. The number of benzene rings is 7. The molecule has 0 saturated carbocycles. The summed E-state index contributed by atoms with van der Waals surface area (Å²) in [5.74, 6) is 0. The molecule has 1 aliphatic heterocycles. The summed E-state index contributed by atoms with van der Waals surface area (Å²) in [6.07, 6.45) is 0. The molecule has 12 rings (SSSR count). The molecule has 44 heavy (non-hydrogen) atoms. The number of furan rings is 1. The smallest absolute Gasteiger partial charge is 0.198 e. The van der Waals surface area contributed by atoms with Gasteiger partial charge in [-0.25, -0.2) is 0 Å². The standard InChI is InChI=1S/C40H21BN2O/c1-2-9-21-19-30-28(18-20(21)8-1)22-11-5-14-26(36(22)42-30)34-35-39-32(33-25-10-3-4-17-31(25)44-40(33)34)27-15-6-12-23-24-13-7-16-29(41-35)38(24)43(39)37(23)27/h1-19,41-42H. The highest BCUT2D eigenvalue weighted by Gasteiger charge is 2.32. The maximum Gasteiger partial charge on any atom is 0.198 e. The minimum absolute atomic E-state index is 0.863. The normalized spacial score (nSPS) is 13.2. The summed E-state index contributed by atoms with van der Waals surface area (Å²) in [6.45, 7) is 0. The quantitative estimate of drug-likeness (QED) is 0.201. The van der Waals surface area contributed by atoms with Crippen LogP contribution in [0.1, 0.15) is 0 Å². The Morgan fingerprint density at radius 3 is 2.23 bits per heavy atom. The second kappa shape index (κ2) is 7.24. The van der Waals surface area contributed by atoms with Crippen molar-refractivity contribution < 1.29 is 4.42 Å². The molecule has 0 aliphatic carbocycles. The summed E-state index contributed by atoms with van der Waals surface area (Å²) in [6, 6.07) is 42.2. The minimum Gasteiger partial charge on any atom is -0.455 e. The molecule has 0 unspecified atom stereocenters. The predicted molar refractivity (Wildman–Crippen MR) is 187 cm³/mol. The van der Waals surface area contributed by atoms with Crippen LogP contribution >= 0.6 is 0 Å². The van der Waals surface area contributed by atoms with Crippen LogP contribution in [0.25, 0.3) is 104 Å². The van der Waals surface area contributed by atoms with E-state index in [9.17, 15) is 0 Å². The highest BCUT2D eigenvalue weighted by molar-refractivity contribution is 6.76. The lowest BCUT2D eigenvalue weighted by Gasteiger charge is -2.19. The Kier molecular flexibility index (Phi) is 3.60. The van der Waals surface area contributed by atoms with Gasteiger partial charge in [-0.2, -0.15) is 0 Å². The highest BCUT2D eigenvalue weighted by Crippen LogP contribution is 2.48. The molecule has 0 bridgehead atoms. The number of H-pyrrole nitrogens is 1. The largest absolute Gasteiger partial charge is 0.455 e. The van der Waals surface area contributed by atoms with Crippen molar-refractivity contribution in [1.29, 1.82) is 0 Å². The predicted octanol–water partition coefficient (Wildman–Crippen LogP) is 8.89. The van der Waals surface area contributed by atoms with Gasteiger partial charge in [-0.15, -0.1) is 0 Å². The lowest BCUT2D eigenvalue weighted by atomic mass is 9.59. The van der Waals surface area contributed by atoms with Crippen molar-refractivity contribution in [3.63, 3.8) is 0 Å². The molecule has 11 aromatic rings. The summed E-state index contributed by atoms with van der Waals surface area (Å²) in [5, 5.41) is 12.7. The van der Waals surface area contributed by atoms with Crippen molar-refractivity contribution in [3.05, 3.63) is 115 Å². The molecule has 0 saturated heterocycles. The third-order valence-corrected chi connectivity index (χ3v) is 10.4. The molecule has 0 fully saturated rings. The molecular formula is C40H21BN2O. The Hall–Kier alpha value is -5.74. The van der Waals surface area contributed by atoms with Crippen LogP contribution in [0.3, 0.4) is 0 Å². The van der Waals surface area contributed by atoms with E-state index in [1.807, 2.05) is 0 Å². The van der Waals surface area contributed by atoms with E-state index in [1.54, 1.807) is 0 Å². The Labute approximate surface area is 250 Å². The number of hydrogen-bond donors (Lipinski definition) is 1. The summed E-state index contributed by atoms with van der Waals surface area (Å²) in [4.78, 5) is 3.87. The van der Waals surface area contributed by atoms with Crippen molar-refractivity contribution in [2.45, 2.75) is 0 Å². The summed E-state index contributed by atoms with van der Waals surface area (Å²) in [7, 11) is 0.863. The molecule has 1 N–H and O–H groups in total. The zero-order chi connectivity index (χ0) is 28.3. The number of aromatic amines is 1. The van der Waals surface area contributed by atoms with E-state index in [-0.39, 0.29) is 0 Å². The van der Waals surface area contributed by atoms with Crippen LogP contribution in [-0.4, -0.2) is 16.7 Å². The molecule has 0 spiro atoms. The fraction of sp³-hybridized carbons (Fsp3) is 0. The number of fused-ring (bicyclic) bond motifs is 10. The van der Waals surface area contributed by atoms with Gasteiger partial charge in [-0.3, -0.25) is 0 Å². The molecule has 0 radical (unpaired) electrons. The maximum atomic E-state index is 6.93. The Morgan fingerprint density at radius 2 is 1.30 bits per heavy atom. The molecule has 1 aliphatic rings. The number of para-hydroxylation sites is 4. The number of nitrogens with one attached hydrogen (secondary N) is 1. The first-order valence-corrected chi connectivity index (χ1v) is 15.3. The van der Waals surface area contributed by atoms with E-state index in [4.69, 9.17) is 4.42 Å². The number of aromatic nitrogens is 2. The summed E-state index contributed by atoms with van der Waals surface area (Å²) in [5.41, 5.74) is 13.4. The first-order chi connectivity index (χ1) is 21.8. The van der Waals surface area contributed by atoms with Crippen LogP contribution in [0.2, 0.25) is 0 Å². The van der Waals surface area contributed by atoms with Crippen molar-refractivity contribution in [3.8, 4) is 11.1 Å². The lowest BCUT2D eigenvalue weighted by molar-refractivity contribution is 0.670. The topological polar surface area (TPSA) is 33.3 Å². The van der Waals surface area contributed by atoms with E-state index in [0.29, 0.717) is 0 Å². The van der Waals surface area contributed by atoms with E-state index in [1.165, 1.54) is 92.5 Å². The molecule has 200 valence electrons. The van der Waals surface area contributed by atoms with Crippen molar-refractivity contribution in [2.24, 2.45) is 0 Å². The monoisotopic (exact) mass is 556 g/mol. The van der Waals surface area contributed by atoms with Crippen molar-refractivity contribution >= 4 is 111 Å². The van der Waals surface area contributed by atoms with Crippen LogP contribution in [-0.2, 0) is 0 Å². The van der Waals surface area contributed by atoms with Crippen LogP contribution in [0, 0.1) is 0 Å². The first-order valence-electron chi connectivity index (χ1n) is 15.3. The van der Waals surface area contributed by atoms with Gasteiger partial charge in [0.15, 0.2) is 7.28 Å². The maximum absolute atomic E-state index is 6.93. The molecule has 0 amide bonds. The van der Waals surface area contributed by atoms with Crippen LogP contribution in [0.15, 0.2) is 120 Å². The van der Waals surface area contributed by atoms with Gasteiger partial charge in [-0.05, 0) is 34.4 Å². The average Bonchev–Trinajstić information content (AvgIpc) is 3.81. The summed E-state index contributed by atoms with van der Waals surface area (Å²) < 4.78 is 9.51.